The van der Waals surface area contributed by atoms with Gasteiger partial charge in [-0.1, -0.05) is 30.0 Å². The molecule has 0 atom stereocenters. The molecule has 2 aromatic carbocycles. The van der Waals surface area contributed by atoms with Gasteiger partial charge in [0.2, 0.25) is 0 Å². The van der Waals surface area contributed by atoms with Gasteiger partial charge >= 0.3 is 6.09 Å². The van der Waals surface area contributed by atoms with E-state index in [0.29, 0.717) is 5.69 Å². The second-order valence-electron chi connectivity index (χ2n) is 3.37. The summed E-state index contributed by atoms with van der Waals surface area (Å²) in [7, 11) is 0. The van der Waals surface area contributed by atoms with Crippen LogP contribution in [0.25, 0.3) is 0 Å². The van der Waals surface area contributed by atoms with E-state index in [-0.39, 0.29) is 0 Å². The van der Waals surface area contributed by atoms with E-state index in [9.17, 15) is 4.79 Å². The molecular formula is C13H11NO2S. The van der Waals surface area contributed by atoms with Gasteiger partial charge in [0.05, 0.1) is 0 Å². The maximum absolute atomic E-state index is 10.4. The standard InChI is InChI=1S/C13H11NO2S/c15-13(16)14-10-6-8-12(9-7-10)17-11-4-2-1-3-5-11/h1-9,14H,(H,15,16). The molecule has 0 fully saturated rings. The molecule has 2 aromatic rings. The van der Waals surface area contributed by atoms with Crippen molar-refractivity contribution in [3.63, 3.8) is 0 Å². The Morgan fingerprint density at radius 3 is 2.12 bits per heavy atom. The summed E-state index contributed by atoms with van der Waals surface area (Å²) in [6.45, 7) is 0. The van der Waals surface area contributed by atoms with Crippen LogP contribution in [-0.2, 0) is 0 Å². The summed E-state index contributed by atoms with van der Waals surface area (Å²) in [5, 5.41) is 10.9. The van der Waals surface area contributed by atoms with E-state index in [1.165, 1.54) is 0 Å². The monoisotopic (exact) mass is 245 g/mol. The predicted octanol–water partition coefficient (Wildman–Crippen LogP) is 3.93. The molecule has 0 bridgehead atoms. The average molecular weight is 245 g/mol. The van der Waals surface area contributed by atoms with Gasteiger partial charge in [0.15, 0.2) is 0 Å². The number of nitrogens with one attached hydrogen (secondary N) is 1. The van der Waals surface area contributed by atoms with E-state index in [2.05, 4.69) is 5.32 Å². The lowest BCUT2D eigenvalue weighted by Gasteiger charge is -2.03. The van der Waals surface area contributed by atoms with Gasteiger partial charge in [0.1, 0.15) is 0 Å². The van der Waals surface area contributed by atoms with Crippen LogP contribution in [-0.4, -0.2) is 11.2 Å². The van der Waals surface area contributed by atoms with Gasteiger partial charge in [-0.15, -0.1) is 0 Å². The quantitative estimate of drug-likeness (QED) is 0.861. The summed E-state index contributed by atoms with van der Waals surface area (Å²) in [5.74, 6) is 0. The third-order valence-corrected chi connectivity index (χ3v) is 3.10. The van der Waals surface area contributed by atoms with Crippen molar-refractivity contribution in [1.29, 1.82) is 0 Å². The van der Waals surface area contributed by atoms with E-state index in [1.807, 2.05) is 42.5 Å². The predicted molar refractivity (Wildman–Crippen MR) is 68.7 cm³/mol. The largest absolute Gasteiger partial charge is 0.465 e. The first kappa shape index (κ1) is 11.5. The minimum atomic E-state index is -1.05. The molecule has 0 spiro atoms. The number of carboxylic acid groups (broad SMARTS) is 1. The molecular weight excluding hydrogens is 234 g/mol. The summed E-state index contributed by atoms with van der Waals surface area (Å²) < 4.78 is 0. The molecule has 0 unspecified atom stereocenters. The normalized spacial score (nSPS) is 9.88. The molecule has 17 heavy (non-hydrogen) atoms. The first-order valence-corrected chi connectivity index (χ1v) is 5.88. The summed E-state index contributed by atoms with van der Waals surface area (Å²) in [4.78, 5) is 12.7. The Hall–Kier alpha value is -1.94. The first-order valence-electron chi connectivity index (χ1n) is 5.07. The fourth-order valence-corrected chi connectivity index (χ4v) is 2.19. The summed E-state index contributed by atoms with van der Waals surface area (Å²) >= 11 is 1.64. The van der Waals surface area contributed by atoms with Gasteiger partial charge in [-0.25, -0.2) is 4.79 Å². The van der Waals surface area contributed by atoms with Crippen LogP contribution in [0.3, 0.4) is 0 Å². The summed E-state index contributed by atoms with van der Waals surface area (Å²) in [5.41, 5.74) is 0.579. The van der Waals surface area contributed by atoms with Crippen LogP contribution in [0.2, 0.25) is 0 Å². The number of benzene rings is 2. The highest BCUT2D eigenvalue weighted by molar-refractivity contribution is 7.99. The van der Waals surface area contributed by atoms with Gasteiger partial charge in [0, 0.05) is 15.5 Å². The highest BCUT2D eigenvalue weighted by atomic mass is 32.2. The molecule has 0 aliphatic heterocycles. The number of anilines is 1. The molecule has 0 heterocycles. The van der Waals surface area contributed by atoms with Crippen molar-refractivity contribution >= 4 is 23.5 Å². The molecule has 0 aromatic heterocycles. The minimum Gasteiger partial charge on any atom is -0.465 e. The van der Waals surface area contributed by atoms with Crippen LogP contribution in [0.4, 0.5) is 10.5 Å². The van der Waals surface area contributed by atoms with E-state index in [4.69, 9.17) is 5.11 Å². The fourth-order valence-electron chi connectivity index (χ4n) is 1.35. The maximum Gasteiger partial charge on any atom is 0.409 e. The Balaban J connectivity index is 2.06. The molecule has 0 saturated heterocycles. The SMILES string of the molecule is O=C(O)Nc1ccc(Sc2ccccc2)cc1. The van der Waals surface area contributed by atoms with Crippen LogP contribution in [0, 0.1) is 0 Å². The number of hydrogen-bond acceptors (Lipinski definition) is 2. The third kappa shape index (κ3) is 3.53. The van der Waals surface area contributed by atoms with E-state index < -0.39 is 6.09 Å². The van der Waals surface area contributed by atoms with Crippen molar-refractivity contribution in [2.75, 3.05) is 5.32 Å². The van der Waals surface area contributed by atoms with E-state index in [1.54, 1.807) is 23.9 Å². The number of hydrogen-bond donors (Lipinski definition) is 2. The Morgan fingerprint density at radius 2 is 1.53 bits per heavy atom. The Morgan fingerprint density at radius 1 is 0.941 bits per heavy atom. The van der Waals surface area contributed by atoms with Crippen LogP contribution in [0.1, 0.15) is 0 Å². The second-order valence-corrected chi connectivity index (χ2v) is 4.52. The molecule has 4 heteroatoms. The van der Waals surface area contributed by atoms with Gasteiger partial charge in [-0.2, -0.15) is 0 Å². The third-order valence-electron chi connectivity index (χ3n) is 2.08. The average Bonchev–Trinajstić information content (AvgIpc) is 2.32. The van der Waals surface area contributed by atoms with E-state index >= 15 is 0 Å². The van der Waals surface area contributed by atoms with Crippen molar-refractivity contribution in [3.8, 4) is 0 Å². The molecule has 86 valence electrons. The molecule has 3 nitrogen and oxygen atoms in total. The topological polar surface area (TPSA) is 49.3 Å². The van der Waals surface area contributed by atoms with E-state index in [0.717, 1.165) is 9.79 Å². The zero-order chi connectivity index (χ0) is 12.1. The van der Waals surface area contributed by atoms with Crippen molar-refractivity contribution < 1.29 is 9.90 Å². The maximum atomic E-state index is 10.4. The van der Waals surface area contributed by atoms with Gasteiger partial charge in [-0.3, -0.25) is 5.32 Å². The van der Waals surface area contributed by atoms with Crippen molar-refractivity contribution in [2.45, 2.75) is 9.79 Å². The smallest absolute Gasteiger partial charge is 0.409 e. The van der Waals surface area contributed by atoms with Crippen LogP contribution in [0.5, 0.6) is 0 Å². The molecule has 0 saturated carbocycles. The van der Waals surface area contributed by atoms with Crippen molar-refractivity contribution in [2.24, 2.45) is 0 Å². The fraction of sp³-hybridized carbons (Fsp3) is 0. The second kappa shape index (κ2) is 5.41. The first-order chi connectivity index (χ1) is 8.24. The Kier molecular flexibility index (Phi) is 3.67. The molecule has 2 N–H and O–H groups in total. The van der Waals surface area contributed by atoms with Crippen LogP contribution < -0.4 is 5.32 Å². The van der Waals surface area contributed by atoms with Gasteiger partial charge < -0.3 is 5.11 Å². The van der Waals surface area contributed by atoms with Gasteiger partial charge in [0.25, 0.3) is 0 Å². The van der Waals surface area contributed by atoms with Crippen LogP contribution in [0.15, 0.2) is 64.4 Å². The zero-order valence-corrected chi connectivity index (χ0v) is 9.78. The highest BCUT2D eigenvalue weighted by Crippen LogP contribution is 2.28. The molecule has 0 radical (unpaired) electrons. The molecule has 0 aliphatic carbocycles. The molecule has 1 amide bonds. The number of rotatable bonds is 3. The molecule has 2 rings (SSSR count). The summed E-state index contributed by atoms with van der Waals surface area (Å²) in [6.07, 6.45) is -1.05. The lowest BCUT2D eigenvalue weighted by atomic mass is 10.3. The van der Waals surface area contributed by atoms with Crippen LogP contribution >= 0.6 is 11.8 Å². The highest BCUT2D eigenvalue weighted by Gasteiger charge is 1.99. The number of carbonyl (C=O) groups is 1. The number of amides is 1. The molecule has 0 aliphatic rings. The minimum absolute atomic E-state index is 0.579. The van der Waals surface area contributed by atoms with Crippen molar-refractivity contribution in [1.82, 2.24) is 0 Å². The zero-order valence-electron chi connectivity index (χ0n) is 8.96. The lowest BCUT2D eigenvalue weighted by Crippen LogP contribution is -2.06. The lowest BCUT2D eigenvalue weighted by molar-refractivity contribution is 0.210. The van der Waals surface area contributed by atoms with Gasteiger partial charge in [-0.05, 0) is 36.4 Å². The Bertz CT molecular complexity index is 497. The van der Waals surface area contributed by atoms with Crippen molar-refractivity contribution in [3.05, 3.63) is 54.6 Å². The summed E-state index contributed by atoms with van der Waals surface area (Å²) in [6, 6.07) is 17.3. The Labute approximate surface area is 103 Å².